The maximum absolute atomic E-state index is 9.51. The van der Waals surface area contributed by atoms with Crippen LogP contribution in [0.3, 0.4) is 0 Å². The molecular formula is C18H29N3O2. The number of aliphatic imine (C=N–C) groups is 1. The van der Waals surface area contributed by atoms with Gasteiger partial charge in [-0.1, -0.05) is 12.1 Å². The zero-order valence-electron chi connectivity index (χ0n) is 14.3. The van der Waals surface area contributed by atoms with Crippen molar-refractivity contribution in [3.05, 3.63) is 29.8 Å². The van der Waals surface area contributed by atoms with Gasteiger partial charge in [-0.05, 0) is 44.4 Å². The summed E-state index contributed by atoms with van der Waals surface area (Å²) < 4.78 is 5.55. The predicted molar refractivity (Wildman–Crippen MR) is 94.0 cm³/mol. The summed E-state index contributed by atoms with van der Waals surface area (Å²) in [6.45, 7) is 9.41. The van der Waals surface area contributed by atoms with Crippen LogP contribution in [0.1, 0.15) is 25.8 Å². The lowest BCUT2D eigenvalue weighted by atomic mass is 10.1. The Labute approximate surface area is 139 Å². The molecule has 128 valence electrons. The van der Waals surface area contributed by atoms with Crippen molar-refractivity contribution in [2.75, 3.05) is 39.4 Å². The van der Waals surface area contributed by atoms with Gasteiger partial charge in [-0.2, -0.15) is 0 Å². The van der Waals surface area contributed by atoms with Crippen LogP contribution in [0.15, 0.2) is 29.3 Å². The first-order chi connectivity index (χ1) is 11.2. The zero-order valence-corrected chi connectivity index (χ0v) is 14.3. The number of nitrogens with zero attached hydrogens (tertiary/aromatic N) is 2. The van der Waals surface area contributed by atoms with E-state index >= 15 is 0 Å². The molecule has 0 spiro atoms. The number of hydrogen-bond donors (Lipinski definition) is 2. The lowest BCUT2D eigenvalue weighted by molar-refractivity contribution is 0.114. The average molecular weight is 319 g/mol. The van der Waals surface area contributed by atoms with E-state index in [9.17, 15) is 5.11 Å². The molecule has 1 aliphatic rings. The highest BCUT2D eigenvalue weighted by molar-refractivity contribution is 5.80. The highest BCUT2D eigenvalue weighted by Gasteiger charge is 2.24. The fourth-order valence-electron chi connectivity index (χ4n) is 2.87. The van der Waals surface area contributed by atoms with Crippen LogP contribution in [0.2, 0.25) is 0 Å². The predicted octanol–water partition coefficient (Wildman–Crippen LogP) is 2.26. The van der Waals surface area contributed by atoms with Crippen molar-refractivity contribution in [3.63, 3.8) is 0 Å². The van der Waals surface area contributed by atoms with E-state index in [2.05, 4.69) is 17.1 Å². The summed E-state index contributed by atoms with van der Waals surface area (Å²) >= 11 is 0. The van der Waals surface area contributed by atoms with E-state index in [-0.39, 0.29) is 0 Å². The molecule has 5 heteroatoms. The van der Waals surface area contributed by atoms with Crippen LogP contribution in [0, 0.1) is 5.92 Å². The van der Waals surface area contributed by atoms with Crippen LogP contribution in [0.25, 0.3) is 0 Å². The van der Waals surface area contributed by atoms with Gasteiger partial charge in [-0.15, -0.1) is 0 Å². The Morgan fingerprint density at radius 2 is 2.30 bits per heavy atom. The normalized spacial score (nSPS) is 18.4. The number of ether oxygens (including phenoxy) is 1. The smallest absolute Gasteiger partial charge is 0.193 e. The van der Waals surface area contributed by atoms with Crippen molar-refractivity contribution in [1.82, 2.24) is 10.2 Å². The molecule has 0 amide bonds. The number of phenolic OH excluding ortho intramolecular Hbond substituents is 1. The third-order valence-corrected chi connectivity index (χ3v) is 4.05. The first-order valence-electron chi connectivity index (χ1n) is 8.61. The van der Waals surface area contributed by atoms with E-state index < -0.39 is 0 Å². The highest BCUT2D eigenvalue weighted by Crippen LogP contribution is 2.17. The van der Waals surface area contributed by atoms with E-state index in [1.54, 1.807) is 12.1 Å². The van der Waals surface area contributed by atoms with Gasteiger partial charge in [0.25, 0.3) is 0 Å². The van der Waals surface area contributed by atoms with Crippen LogP contribution in [0.4, 0.5) is 0 Å². The van der Waals surface area contributed by atoms with Crippen LogP contribution >= 0.6 is 0 Å². The lowest BCUT2D eigenvalue weighted by Crippen LogP contribution is -2.40. The number of rotatable bonds is 7. The molecule has 2 rings (SSSR count). The molecule has 1 unspecified atom stereocenters. The molecule has 1 fully saturated rings. The average Bonchev–Trinajstić information content (AvgIpc) is 3.01. The fourth-order valence-corrected chi connectivity index (χ4v) is 2.87. The topological polar surface area (TPSA) is 57.1 Å². The summed E-state index contributed by atoms with van der Waals surface area (Å²) in [5.74, 6) is 1.91. The molecule has 1 saturated heterocycles. The number of likely N-dealkylation sites (tertiary alicyclic amines) is 1. The minimum atomic E-state index is 0.316. The van der Waals surface area contributed by atoms with E-state index in [0.717, 1.165) is 63.8 Å². The summed E-state index contributed by atoms with van der Waals surface area (Å²) in [5, 5.41) is 12.9. The molecule has 5 nitrogen and oxygen atoms in total. The Hall–Kier alpha value is -1.75. The number of hydrogen-bond acceptors (Lipinski definition) is 3. The van der Waals surface area contributed by atoms with E-state index in [0.29, 0.717) is 11.7 Å². The molecule has 23 heavy (non-hydrogen) atoms. The van der Waals surface area contributed by atoms with E-state index in [4.69, 9.17) is 9.73 Å². The molecule has 1 aromatic carbocycles. The fraction of sp³-hybridized carbons (Fsp3) is 0.611. The molecule has 0 bridgehead atoms. The van der Waals surface area contributed by atoms with Crippen molar-refractivity contribution < 1.29 is 9.84 Å². The number of guanidine groups is 1. The van der Waals surface area contributed by atoms with E-state index in [1.807, 2.05) is 19.1 Å². The maximum atomic E-state index is 9.51. The second kappa shape index (κ2) is 9.40. The van der Waals surface area contributed by atoms with Crippen molar-refractivity contribution in [3.8, 4) is 5.75 Å². The Morgan fingerprint density at radius 3 is 3.04 bits per heavy atom. The molecule has 0 radical (unpaired) electrons. The third-order valence-electron chi connectivity index (χ3n) is 4.05. The molecule has 2 N–H and O–H groups in total. The summed E-state index contributed by atoms with van der Waals surface area (Å²) in [6.07, 6.45) is 2.00. The Bertz CT molecular complexity index is 505. The van der Waals surface area contributed by atoms with Crippen LogP contribution in [0.5, 0.6) is 5.75 Å². The monoisotopic (exact) mass is 319 g/mol. The molecule has 1 aromatic rings. The second-order valence-electron chi connectivity index (χ2n) is 5.92. The number of aromatic hydroxyl groups is 1. The number of phenols is 1. The van der Waals surface area contributed by atoms with Gasteiger partial charge in [0.15, 0.2) is 5.96 Å². The van der Waals surface area contributed by atoms with Crippen molar-refractivity contribution in [2.24, 2.45) is 10.9 Å². The standard InChI is InChI=1S/C18H29N3O2/c1-3-19-18(21-11-9-16(13-21)14-23-4-2)20-10-8-15-6-5-7-17(22)12-15/h5-7,12,16,22H,3-4,8-11,13-14H2,1-2H3,(H,19,20). The summed E-state index contributed by atoms with van der Waals surface area (Å²) in [4.78, 5) is 7.07. The molecule has 0 saturated carbocycles. The highest BCUT2D eigenvalue weighted by atomic mass is 16.5. The van der Waals surface area contributed by atoms with Gasteiger partial charge in [0, 0.05) is 38.7 Å². The largest absolute Gasteiger partial charge is 0.508 e. The van der Waals surface area contributed by atoms with Crippen molar-refractivity contribution in [1.29, 1.82) is 0 Å². The van der Waals surface area contributed by atoms with Crippen molar-refractivity contribution >= 4 is 5.96 Å². The van der Waals surface area contributed by atoms with Crippen LogP contribution < -0.4 is 5.32 Å². The zero-order chi connectivity index (χ0) is 16.5. The minimum Gasteiger partial charge on any atom is -0.508 e. The van der Waals surface area contributed by atoms with Crippen LogP contribution in [-0.4, -0.2) is 55.4 Å². The summed E-state index contributed by atoms with van der Waals surface area (Å²) in [6, 6.07) is 7.39. The molecule has 1 aliphatic heterocycles. The molecule has 0 aromatic heterocycles. The summed E-state index contributed by atoms with van der Waals surface area (Å²) in [5.41, 5.74) is 1.11. The molecular weight excluding hydrogens is 290 g/mol. The maximum Gasteiger partial charge on any atom is 0.193 e. The van der Waals surface area contributed by atoms with Crippen molar-refractivity contribution in [2.45, 2.75) is 26.7 Å². The van der Waals surface area contributed by atoms with E-state index in [1.165, 1.54) is 0 Å². The van der Waals surface area contributed by atoms with Gasteiger partial charge < -0.3 is 20.1 Å². The van der Waals surface area contributed by atoms with Gasteiger partial charge in [-0.3, -0.25) is 4.99 Å². The first-order valence-corrected chi connectivity index (χ1v) is 8.61. The first kappa shape index (κ1) is 17.6. The number of benzene rings is 1. The van der Waals surface area contributed by atoms with Crippen LogP contribution in [-0.2, 0) is 11.2 Å². The Balaban J connectivity index is 1.87. The third kappa shape index (κ3) is 5.75. The molecule has 1 heterocycles. The summed E-state index contributed by atoms with van der Waals surface area (Å²) in [7, 11) is 0. The quantitative estimate of drug-likeness (QED) is 0.598. The number of nitrogens with one attached hydrogen (secondary N) is 1. The van der Waals surface area contributed by atoms with Gasteiger partial charge >= 0.3 is 0 Å². The van der Waals surface area contributed by atoms with Gasteiger partial charge in [-0.25, -0.2) is 0 Å². The Kier molecular flexibility index (Phi) is 7.20. The van der Waals surface area contributed by atoms with Gasteiger partial charge in [0.2, 0.25) is 0 Å². The van der Waals surface area contributed by atoms with Gasteiger partial charge in [0.1, 0.15) is 5.75 Å². The lowest BCUT2D eigenvalue weighted by Gasteiger charge is -2.21. The molecule has 0 aliphatic carbocycles. The second-order valence-corrected chi connectivity index (χ2v) is 5.92. The van der Waals surface area contributed by atoms with Gasteiger partial charge in [0.05, 0.1) is 6.61 Å². The Morgan fingerprint density at radius 1 is 1.43 bits per heavy atom. The minimum absolute atomic E-state index is 0.316. The SMILES string of the molecule is CCNC(=NCCc1cccc(O)c1)N1CCC(COCC)C1. The molecule has 1 atom stereocenters.